The molecule has 0 bridgehead atoms. The van der Waals surface area contributed by atoms with E-state index in [0.29, 0.717) is 11.5 Å². The third kappa shape index (κ3) is 3.16. The van der Waals surface area contributed by atoms with Crippen molar-refractivity contribution in [1.29, 1.82) is 0 Å². The highest BCUT2D eigenvalue weighted by atomic mass is 15.3. The van der Waals surface area contributed by atoms with Gasteiger partial charge in [-0.3, -0.25) is 4.90 Å². The summed E-state index contributed by atoms with van der Waals surface area (Å²) in [6.07, 6.45) is 6.32. The summed E-state index contributed by atoms with van der Waals surface area (Å²) < 4.78 is 0. The number of hydrogen-bond acceptors (Lipinski definition) is 4. The summed E-state index contributed by atoms with van der Waals surface area (Å²) in [4.78, 5) is 13.6. The molecule has 1 aromatic carbocycles. The Morgan fingerprint density at radius 1 is 1.08 bits per heavy atom. The van der Waals surface area contributed by atoms with Gasteiger partial charge in [-0.05, 0) is 42.4 Å². The van der Waals surface area contributed by atoms with Gasteiger partial charge < -0.3 is 4.90 Å². The molecular formula is C20H26N4. The van der Waals surface area contributed by atoms with Gasteiger partial charge >= 0.3 is 0 Å². The lowest BCUT2D eigenvalue weighted by Gasteiger charge is -2.39. The topological polar surface area (TPSA) is 32.3 Å². The quantitative estimate of drug-likeness (QED) is 0.865. The molecule has 4 heteroatoms. The van der Waals surface area contributed by atoms with E-state index >= 15 is 0 Å². The Kier molecular flexibility index (Phi) is 4.01. The number of nitrogens with zero attached hydrogens (tertiary/aromatic N) is 4. The Labute approximate surface area is 144 Å². The van der Waals surface area contributed by atoms with Crippen molar-refractivity contribution in [2.24, 2.45) is 0 Å². The molecule has 1 atom stereocenters. The second-order valence-electron chi connectivity index (χ2n) is 7.57. The average Bonchev–Trinajstić information content (AvgIpc) is 3.37. The highest BCUT2D eigenvalue weighted by molar-refractivity contribution is 5.33. The number of piperazine rings is 1. The van der Waals surface area contributed by atoms with Crippen LogP contribution in [0.2, 0.25) is 0 Å². The average molecular weight is 322 g/mol. The molecule has 1 aliphatic heterocycles. The van der Waals surface area contributed by atoms with Gasteiger partial charge in [0, 0.05) is 44.6 Å². The zero-order chi connectivity index (χ0) is 16.6. The van der Waals surface area contributed by atoms with Crippen molar-refractivity contribution in [3.63, 3.8) is 0 Å². The monoisotopic (exact) mass is 322 g/mol. The van der Waals surface area contributed by atoms with Gasteiger partial charge in [-0.15, -0.1) is 0 Å². The molecule has 2 fully saturated rings. The molecule has 1 aromatic heterocycles. The molecule has 0 amide bonds. The van der Waals surface area contributed by atoms with Crippen molar-refractivity contribution < 1.29 is 0 Å². The minimum absolute atomic E-state index is 0.465. The SMILES string of the molecule is C[C@@H]1CN(c2ncccn2)CCN1Cc1ccc(C2(C)CC2)cc1. The lowest BCUT2D eigenvalue weighted by Crippen LogP contribution is -2.51. The number of rotatable bonds is 4. The van der Waals surface area contributed by atoms with Crippen molar-refractivity contribution in [2.75, 3.05) is 24.5 Å². The molecule has 4 rings (SSSR count). The van der Waals surface area contributed by atoms with E-state index in [4.69, 9.17) is 0 Å². The summed E-state index contributed by atoms with van der Waals surface area (Å²) in [7, 11) is 0. The summed E-state index contributed by atoms with van der Waals surface area (Å²) in [6, 6.07) is 11.7. The first kappa shape index (κ1) is 15.6. The van der Waals surface area contributed by atoms with Gasteiger partial charge in [0.15, 0.2) is 0 Å². The van der Waals surface area contributed by atoms with Gasteiger partial charge in [-0.25, -0.2) is 9.97 Å². The Bertz CT molecular complexity index is 679. The van der Waals surface area contributed by atoms with Crippen LogP contribution in [0.5, 0.6) is 0 Å². The van der Waals surface area contributed by atoms with E-state index in [1.165, 1.54) is 24.0 Å². The molecule has 2 aromatic rings. The Morgan fingerprint density at radius 2 is 1.79 bits per heavy atom. The van der Waals surface area contributed by atoms with Crippen molar-refractivity contribution in [1.82, 2.24) is 14.9 Å². The number of hydrogen-bond donors (Lipinski definition) is 0. The maximum absolute atomic E-state index is 4.38. The van der Waals surface area contributed by atoms with Gasteiger partial charge in [0.05, 0.1) is 0 Å². The molecule has 1 saturated heterocycles. The van der Waals surface area contributed by atoms with Crippen LogP contribution >= 0.6 is 0 Å². The summed E-state index contributed by atoms with van der Waals surface area (Å²) in [6.45, 7) is 8.73. The van der Waals surface area contributed by atoms with Gasteiger partial charge in [-0.2, -0.15) is 0 Å². The van der Waals surface area contributed by atoms with Crippen LogP contribution in [0.4, 0.5) is 5.95 Å². The molecule has 0 radical (unpaired) electrons. The molecule has 126 valence electrons. The normalized spacial score (nSPS) is 23.2. The van der Waals surface area contributed by atoms with Crippen molar-refractivity contribution in [3.05, 3.63) is 53.9 Å². The molecule has 2 heterocycles. The molecule has 24 heavy (non-hydrogen) atoms. The predicted molar refractivity (Wildman–Crippen MR) is 97.1 cm³/mol. The van der Waals surface area contributed by atoms with E-state index in [1.54, 1.807) is 0 Å². The lowest BCUT2D eigenvalue weighted by atomic mass is 9.97. The third-order valence-corrected chi connectivity index (χ3v) is 5.64. The van der Waals surface area contributed by atoms with Crippen molar-refractivity contribution in [3.8, 4) is 0 Å². The summed E-state index contributed by atoms with van der Waals surface area (Å²) >= 11 is 0. The molecule has 2 aliphatic rings. The highest BCUT2D eigenvalue weighted by Gasteiger charge is 2.38. The first-order valence-electron chi connectivity index (χ1n) is 8.99. The maximum Gasteiger partial charge on any atom is 0.225 e. The van der Waals surface area contributed by atoms with E-state index in [9.17, 15) is 0 Å². The highest BCUT2D eigenvalue weighted by Crippen LogP contribution is 2.47. The summed E-state index contributed by atoms with van der Waals surface area (Å²) in [5, 5.41) is 0. The second kappa shape index (κ2) is 6.17. The Balaban J connectivity index is 1.37. The Hall–Kier alpha value is -1.94. The van der Waals surface area contributed by atoms with Crippen LogP contribution in [-0.2, 0) is 12.0 Å². The fraction of sp³-hybridized carbons (Fsp3) is 0.500. The van der Waals surface area contributed by atoms with Crippen LogP contribution in [0.15, 0.2) is 42.7 Å². The fourth-order valence-electron chi connectivity index (χ4n) is 3.59. The van der Waals surface area contributed by atoms with Crippen LogP contribution < -0.4 is 4.90 Å². The van der Waals surface area contributed by atoms with Crippen molar-refractivity contribution in [2.45, 2.75) is 44.7 Å². The molecule has 1 saturated carbocycles. The van der Waals surface area contributed by atoms with E-state index < -0.39 is 0 Å². The standard InChI is InChI=1S/C20H26N4/c1-16-14-24(19-21-10-3-11-22-19)13-12-23(16)15-17-4-6-18(7-5-17)20(2)8-9-20/h3-7,10-11,16H,8-9,12-15H2,1-2H3/t16-/m1/s1. The minimum atomic E-state index is 0.465. The summed E-state index contributed by atoms with van der Waals surface area (Å²) in [5.41, 5.74) is 3.39. The first-order valence-corrected chi connectivity index (χ1v) is 8.99. The number of aromatic nitrogens is 2. The van der Waals surface area contributed by atoms with E-state index in [0.717, 1.165) is 32.1 Å². The molecule has 0 N–H and O–H groups in total. The lowest BCUT2D eigenvalue weighted by molar-refractivity contribution is 0.180. The number of benzene rings is 1. The zero-order valence-electron chi connectivity index (χ0n) is 14.7. The second-order valence-corrected chi connectivity index (χ2v) is 7.57. The molecule has 0 spiro atoms. The van der Waals surface area contributed by atoms with Gasteiger partial charge in [0.25, 0.3) is 0 Å². The van der Waals surface area contributed by atoms with Gasteiger partial charge in [-0.1, -0.05) is 31.2 Å². The van der Waals surface area contributed by atoms with Crippen LogP contribution in [-0.4, -0.2) is 40.5 Å². The van der Waals surface area contributed by atoms with Crippen LogP contribution in [0, 0.1) is 0 Å². The predicted octanol–water partition coefficient (Wildman–Crippen LogP) is 3.24. The van der Waals surface area contributed by atoms with E-state index in [2.05, 4.69) is 57.9 Å². The summed E-state index contributed by atoms with van der Waals surface area (Å²) in [5.74, 6) is 0.853. The minimum Gasteiger partial charge on any atom is -0.338 e. The van der Waals surface area contributed by atoms with Crippen LogP contribution in [0.25, 0.3) is 0 Å². The smallest absolute Gasteiger partial charge is 0.225 e. The van der Waals surface area contributed by atoms with Crippen molar-refractivity contribution >= 4 is 5.95 Å². The Morgan fingerprint density at radius 3 is 2.42 bits per heavy atom. The zero-order valence-corrected chi connectivity index (χ0v) is 14.7. The molecular weight excluding hydrogens is 296 g/mol. The van der Waals surface area contributed by atoms with E-state index in [-0.39, 0.29) is 0 Å². The molecule has 1 aliphatic carbocycles. The first-order chi connectivity index (χ1) is 11.6. The van der Waals surface area contributed by atoms with Gasteiger partial charge in [0.2, 0.25) is 5.95 Å². The van der Waals surface area contributed by atoms with Gasteiger partial charge in [0.1, 0.15) is 0 Å². The molecule has 4 nitrogen and oxygen atoms in total. The maximum atomic E-state index is 4.38. The van der Waals surface area contributed by atoms with Crippen LogP contribution in [0.3, 0.4) is 0 Å². The van der Waals surface area contributed by atoms with E-state index in [1.807, 2.05) is 18.5 Å². The third-order valence-electron chi connectivity index (χ3n) is 5.64. The molecule has 0 unspecified atom stereocenters. The van der Waals surface area contributed by atoms with Crippen LogP contribution in [0.1, 0.15) is 37.8 Å². The largest absolute Gasteiger partial charge is 0.338 e. The number of anilines is 1. The fourth-order valence-corrected chi connectivity index (χ4v) is 3.59.